The summed E-state index contributed by atoms with van der Waals surface area (Å²) >= 11 is 3.15. The van der Waals surface area contributed by atoms with Crippen molar-refractivity contribution >= 4 is 45.6 Å². The minimum absolute atomic E-state index is 0.0172. The van der Waals surface area contributed by atoms with Crippen LogP contribution < -0.4 is 31.3 Å². The predicted octanol–water partition coefficient (Wildman–Crippen LogP) is 3.96. The zero-order chi connectivity index (χ0) is 31.6. The molecule has 2 unspecified atom stereocenters. The highest BCUT2D eigenvalue weighted by Crippen LogP contribution is 2.58. The molecular formula is C28H31F3N10OS2. The number of thioether (sulfide) groups is 1. The van der Waals surface area contributed by atoms with E-state index >= 15 is 0 Å². The lowest BCUT2D eigenvalue weighted by Gasteiger charge is -2.48. The molecule has 0 radical (unpaired) electrons. The lowest BCUT2D eigenvalue weighted by molar-refractivity contribution is 0.152. The maximum Gasteiger partial charge on any atom is 0.320 e. The number of nitrogens with two attached hydrogens (primary N) is 2. The minimum atomic E-state index is -2.72. The van der Waals surface area contributed by atoms with Crippen LogP contribution in [-0.2, 0) is 10.5 Å². The van der Waals surface area contributed by atoms with Gasteiger partial charge in [-0.15, -0.1) is 23.1 Å². The Kier molecular flexibility index (Phi) is 9.24. The van der Waals surface area contributed by atoms with Crippen LogP contribution in [0.25, 0.3) is 0 Å². The molecule has 2 saturated heterocycles. The predicted molar refractivity (Wildman–Crippen MR) is 165 cm³/mol. The molecule has 16 heteroatoms. The van der Waals surface area contributed by atoms with E-state index in [1.165, 1.54) is 29.5 Å². The van der Waals surface area contributed by atoms with Crippen LogP contribution in [0.5, 0.6) is 6.01 Å². The second kappa shape index (κ2) is 12.9. The average molecular weight is 645 g/mol. The van der Waals surface area contributed by atoms with E-state index in [9.17, 15) is 23.7 Å². The van der Waals surface area contributed by atoms with Gasteiger partial charge >= 0.3 is 6.01 Å². The van der Waals surface area contributed by atoms with E-state index in [0.29, 0.717) is 42.2 Å². The third-order valence-electron chi connectivity index (χ3n) is 7.79. The summed E-state index contributed by atoms with van der Waals surface area (Å²) in [6.07, 6.45) is -1.06. The summed E-state index contributed by atoms with van der Waals surface area (Å²) in [6, 6.07) is 6.99. The molecular weight excluding hydrogens is 614 g/mol. The van der Waals surface area contributed by atoms with Gasteiger partial charge in [-0.05, 0) is 26.0 Å². The number of rotatable bonds is 7. The number of anilines is 4. The zero-order valence-corrected chi connectivity index (χ0v) is 25.7. The summed E-state index contributed by atoms with van der Waals surface area (Å²) in [7, 11) is 1.37. The third-order valence-corrected chi connectivity index (χ3v) is 10.4. The Morgan fingerprint density at radius 2 is 2.00 bits per heavy atom. The van der Waals surface area contributed by atoms with E-state index < -0.39 is 25.2 Å². The highest BCUT2D eigenvalue weighted by molar-refractivity contribution is 8.00. The van der Waals surface area contributed by atoms with E-state index in [-0.39, 0.29) is 33.8 Å². The summed E-state index contributed by atoms with van der Waals surface area (Å²) in [4.78, 5) is 17.1. The van der Waals surface area contributed by atoms with Crippen molar-refractivity contribution in [2.75, 3.05) is 61.1 Å². The van der Waals surface area contributed by atoms with Gasteiger partial charge in [-0.3, -0.25) is 0 Å². The van der Waals surface area contributed by atoms with Gasteiger partial charge in [0.15, 0.2) is 11.6 Å². The molecule has 3 aliphatic rings. The first-order chi connectivity index (χ1) is 21.1. The van der Waals surface area contributed by atoms with Crippen molar-refractivity contribution in [3.63, 3.8) is 0 Å². The topological polar surface area (TPSA) is 166 Å². The molecule has 6 heterocycles. The molecule has 3 aromatic rings. The second-order valence-electron chi connectivity index (χ2n) is 10.5. The molecule has 232 valence electrons. The van der Waals surface area contributed by atoms with Gasteiger partial charge in [0.2, 0.25) is 0 Å². The number of nitrogen functional groups attached to an aromatic ring is 2. The number of alkyl halides is 3. The van der Waals surface area contributed by atoms with Crippen molar-refractivity contribution in [1.82, 2.24) is 20.3 Å². The Bertz CT molecular complexity index is 1600. The summed E-state index contributed by atoms with van der Waals surface area (Å²) in [5.74, 6) is 1.24. The van der Waals surface area contributed by atoms with Crippen LogP contribution in [0, 0.1) is 22.7 Å². The first kappa shape index (κ1) is 31.4. The number of pyridine rings is 1. The smallest absolute Gasteiger partial charge is 0.320 e. The lowest BCUT2D eigenvalue weighted by atomic mass is 9.88. The van der Waals surface area contributed by atoms with Crippen LogP contribution in [0.3, 0.4) is 0 Å². The number of nitrogens with zero attached hydrogens (tertiary/aromatic N) is 7. The van der Waals surface area contributed by atoms with Gasteiger partial charge in [-0.1, -0.05) is 6.07 Å². The molecule has 0 aromatic carbocycles. The van der Waals surface area contributed by atoms with E-state index in [1.807, 2.05) is 4.90 Å². The third kappa shape index (κ3) is 5.89. The maximum atomic E-state index is 13.8. The highest BCUT2D eigenvalue weighted by atomic mass is 32.2. The van der Waals surface area contributed by atoms with Crippen molar-refractivity contribution in [3.05, 3.63) is 45.5 Å². The summed E-state index contributed by atoms with van der Waals surface area (Å²) in [5, 5.41) is 23.3. The molecule has 11 nitrogen and oxygen atoms in total. The first-order valence-corrected chi connectivity index (χ1v) is 15.6. The Balaban J connectivity index is 0.000000573. The number of hydrogen-bond acceptors (Lipinski definition) is 13. The standard InChI is InChI=1S/C24H23F2N9OS2.C4H8FN/c1-12(13-4-3-5-31-19(13)29)35(8-17(25)26)22-15(7-28)21(32-23(33-22)36-2)34-10-24(11-34)18-14(6-27)20(30)38-16(18)9-37-24;5-4-1-2-6-3-4/h3-5,12,17H,8-11,30H2,1-2H3,(H2,29,31);4,6H,1-3H2. The van der Waals surface area contributed by atoms with Crippen LogP contribution in [0.15, 0.2) is 18.3 Å². The van der Waals surface area contributed by atoms with Crippen LogP contribution >= 0.6 is 23.1 Å². The van der Waals surface area contributed by atoms with E-state index in [2.05, 4.69) is 32.4 Å². The average Bonchev–Trinajstić information content (AvgIpc) is 3.70. The molecule has 44 heavy (non-hydrogen) atoms. The first-order valence-electron chi connectivity index (χ1n) is 13.8. The van der Waals surface area contributed by atoms with Gasteiger partial charge in [0.1, 0.15) is 34.7 Å². The zero-order valence-electron chi connectivity index (χ0n) is 24.1. The minimum Gasteiger partial charge on any atom is -0.467 e. The number of ether oxygens (including phenoxy) is 1. The number of fused-ring (bicyclic) bond motifs is 2. The van der Waals surface area contributed by atoms with E-state index in [1.54, 1.807) is 30.8 Å². The Morgan fingerprint density at radius 3 is 2.57 bits per heavy atom. The summed E-state index contributed by atoms with van der Waals surface area (Å²) in [5.41, 5.74) is 14.1. The van der Waals surface area contributed by atoms with Gasteiger partial charge in [0.25, 0.3) is 6.43 Å². The van der Waals surface area contributed by atoms with E-state index in [0.717, 1.165) is 22.7 Å². The number of halogens is 3. The number of nitriles is 2. The molecule has 0 bridgehead atoms. The molecule has 5 N–H and O–H groups in total. The van der Waals surface area contributed by atoms with Crippen LogP contribution in [0.2, 0.25) is 0 Å². The summed E-state index contributed by atoms with van der Waals surface area (Å²) in [6.45, 7) is 3.35. The molecule has 1 spiro atoms. The van der Waals surface area contributed by atoms with Gasteiger partial charge in [0.05, 0.1) is 30.0 Å². The number of thiophene rings is 1. The Labute approximate surface area is 261 Å². The molecule has 3 aliphatic heterocycles. The number of aromatic nitrogens is 3. The number of nitrogens with one attached hydrogen (secondary N) is 1. The highest BCUT2D eigenvalue weighted by Gasteiger charge is 2.53. The van der Waals surface area contributed by atoms with Crippen molar-refractivity contribution < 1.29 is 17.9 Å². The second-order valence-corrected chi connectivity index (χ2v) is 13.0. The molecule has 0 aliphatic carbocycles. The lowest BCUT2D eigenvalue weighted by Crippen LogP contribution is -2.57. The van der Waals surface area contributed by atoms with Crippen molar-refractivity contribution in [1.29, 1.82) is 10.5 Å². The maximum absolute atomic E-state index is 13.8. The number of methoxy groups -OCH3 is 1. The fourth-order valence-electron chi connectivity index (χ4n) is 5.63. The molecule has 0 amide bonds. The van der Waals surface area contributed by atoms with Crippen LogP contribution in [0.1, 0.15) is 46.5 Å². The normalized spacial score (nSPS) is 18.5. The Morgan fingerprint density at radius 1 is 1.25 bits per heavy atom. The fraction of sp³-hybridized carbons (Fsp3) is 0.464. The summed E-state index contributed by atoms with van der Waals surface area (Å²) < 4.78 is 44.5. The molecule has 0 saturated carbocycles. The van der Waals surface area contributed by atoms with Crippen molar-refractivity contribution in [2.45, 2.75) is 42.5 Å². The van der Waals surface area contributed by atoms with Gasteiger partial charge in [-0.25, -0.2) is 18.2 Å². The largest absolute Gasteiger partial charge is 0.467 e. The molecule has 2 atom stereocenters. The molecule has 3 aromatic heterocycles. The van der Waals surface area contributed by atoms with Gasteiger partial charge in [0, 0.05) is 47.6 Å². The SMILES string of the molecule is COc1nc(N2CC3(C2)SCc2sc(N)c(C#N)c23)c(C#N)c(N(CC(F)F)C(C)c2cccnc2N)n1.FC1CCNC1. The monoisotopic (exact) mass is 644 g/mol. The fourth-order valence-corrected chi connectivity index (χ4v) is 8.44. The van der Waals surface area contributed by atoms with Crippen molar-refractivity contribution in [3.8, 4) is 18.1 Å². The molecule has 2 fully saturated rings. The van der Waals surface area contributed by atoms with Gasteiger partial charge in [-0.2, -0.15) is 20.5 Å². The quantitative estimate of drug-likeness (QED) is 0.339. The van der Waals surface area contributed by atoms with Crippen LogP contribution in [0.4, 0.5) is 35.6 Å². The Hall–Kier alpha value is -3.99. The van der Waals surface area contributed by atoms with Gasteiger partial charge < -0.3 is 31.3 Å². The van der Waals surface area contributed by atoms with E-state index in [4.69, 9.17) is 16.2 Å². The number of hydrogen-bond donors (Lipinski definition) is 3. The molecule has 6 rings (SSSR count). The van der Waals surface area contributed by atoms with Crippen LogP contribution in [-0.4, -0.2) is 67.4 Å². The van der Waals surface area contributed by atoms with Crippen molar-refractivity contribution in [2.24, 2.45) is 0 Å².